The van der Waals surface area contributed by atoms with Gasteiger partial charge in [-0.15, -0.1) is 0 Å². The van der Waals surface area contributed by atoms with Crippen LogP contribution < -0.4 is 54.8 Å². The van der Waals surface area contributed by atoms with Crippen molar-refractivity contribution in [3.05, 3.63) is 285 Å². The highest BCUT2D eigenvalue weighted by atomic mass is 16.4. The molecule has 24 rings (SSSR count). The molecule has 16 aromatic rings. The minimum Gasteiger partial charge on any atom is -0.506 e. The number of aromatic hydroxyl groups is 5. The molecule has 0 spiro atoms. The highest BCUT2D eigenvalue weighted by molar-refractivity contribution is 6.00. The van der Waals surface area contributed by atoms with Crippen LogP contribution in [0.25, 0.3) is 111 Å². The normalized spacial score (nSPS) is 15.5. The van der Waals surface area contributed by atoms with E-state index < -0.39 is 114 Å². The molecule has 0 aliphatic heterocycles. The lowest BCUT2D eigenvalue weighted by Gasteiger charge is -2.25. The zero-order valence-electron chi connectivity index (χ0n) is 84.1. The number of aromatic carboxylic acids is 5. The minimum absolute atomic E-state index is 0.409. The van der Waals surface area contributed by atoms with Gasteiger partial charge in [0.05, 0.1) is 28.5 Å². The maximum absolute atomic E-state index is 12.4. The maximum Gasteiger partial charge on any atom is 0.345 e. The molecule has 3 fully saturated rings. The van der Waals surface area contributed by atoms with Crippen LogP contribution in [0.15, 0.2) is 139 Å². The Morgan fingerprint density at radius 2 is 0.613 bits per heavy atom. The van der Waals surface area contributed by atoms with E-state index in [2.05, 4.69) is 169 Å². The van der Waals surface area contributed by atoms with Crippen LogP contribution in [0.3, 0.4) is 0 Å². The van der Waals surface area contributed by atoms with E-state index in [0.29, 0.717) is 108 Å². The van der Waals surface area contributed by atoms with Crippen LogP contribution in [0.5, 0.6) is 28.7 Å². The number of aromatic amines is 5. The van der Waals surface area contributed by atoms with Gasteiger partial charge in [0.2, 0.25) is 0 Å². The van der Waals surface area contributed by atoms with Gasteiger partial charge in [-0.25, -0.2) is 24.0 Å². The van der Waals surface area contributed by atoms with Crippen molar-refractivity contribution in [3.63, 3.8) is 0 Å². The summed E-state index contributed by atoms with van der Waals surface area (Å²) in [7, 11) is 10.2. The fourth-order valence-corrected chi connectivity index (χ4v) is 22.8. The predicted octanol–water partition coefficient (Wildman–Crippen LogP) is 14.2. The highest BCUT2D eigenvalue weighted by Crippen LogP contribution is 2.47. The van der Waals surface area contributed by atoms with Gasteiger partial charge in [0.1, 0.15) is 28.7 Å². The first-order valence-electron chi connectivity index (χ1n) is 51.2. The SMILES string of the molecule is CC1CC1CNCc1cc2cc3c(cc2n1C)CCCc1c-3[nH]c(=O)c(C(=O)O)c1O.Cn1c(CN)cc2cc3c(cc21)CCCc1c-3[nH]c(=O)c(C(=O)O)c1O.Cn1c(CNC2CC2)cc2cc3c(cc21)CCCc1c-3[nH]c(=O)c(C(=O)O)c1O.Cn1c(CNCC2CCC2)cc2cc3c(cc21)CCCc1c-3[nH]c(=O)c(C(=O)O)c1O.Cn1c(CNCc2ccncc2)cc2cc3c(cc21)CCCc1c-3[nH]c(=O)c(C(=O)O)c1O. The first-order valence-corrected chi connectivity index (χ1v) is 51.2. The highest BCUT2D eigenvalue weighted by Gasteiger charge is 2.36. The summed E-state index contributed by atoms with van der Waals surface area (Å²) >= 11 is 0. The van der Waals surface area contributed by atoms with E-state index in [1.54, 1.807) is 12.4 Å². The Labute approximate surface area is 857 Å². The number of pyridine rings is 6. The molecule has 36 nitrogen and oxygen atoms in total. The molecule has 36 heteroatoms. The molecule has 8 aliphatic rings. The van der Waals surface area contributed by atoms with Gasteiger partial charge in [-0.1, -0.05) is 13.3 Å². The summed E-state index contributed by atoms with van der Waals surface area (Å²) < 4.78 is 10.8. The van der Waals surface area contributed by atoms with Crippen molar-refractivity contribution >= 4 is 84.4 Å². The number of benzene rings is 5. The molecule has 150 heavy (non-hydrogen) atoms. The first kappa shape index (κ1) is 101. The molecule has 0 saturated heterocycles. The molecular weight excluding hydrogens is 1910 g/mol. The summed E-state index contributed by atoms with van der Waals surface area (Å²) in [6, 6.07) is 36.0. The lowest BCUT2D eigenvalue weighted by atomic mass is 9.85. The monoisotopic (exact) mass is 2030 g/mol. The van der Waals surface area contributed by atoms with E-state index in [-0.39, 0.29) is 0 Å². The quantitative estimate of drug-likeness (QED) is 0.0318. The van der Waals surface area contributed by atoms with Crippen molar-refractivity contribution in [2.24, 2.45) is 58.7 Å². The Balaban J connectivity index is 0.000000114. The fraction of sp³-hybridized carbons (Fsp3) is 0.342. The van der Waals surface area contributed by atoms with Crippen LogP contribution in [0.2, 0.25) is 0 Å². The molecule has 8 aliphatic carbocycles. The second kappa shape index (κ2) is 41.2. The molecule has 0 radical (unpaired) electrons. The first-order chi connectivity index (χ1) is 72.1. The Bertz CT molecular complexity index is 8400. The number of fused-ring (bicyclic) bond motifs is 20. The number of nitrogens with zero attached hydrogens (tertiary/aromatic N) is 6. The van der Waals surface area contributed by atoms with Gasteiger partial charge in [0.15, 0.2) is 27.8 Å². The molecule has 11 aromatic heterocycles. The summed E-state index contributed by atoms with van der Waals surface area (Å²) in [6.07, 6.45) is 21.6. The van der Waals surface area contributed by atoms with E-state index >= 15 is 0 Å². The second-order valence-corrected chi connectivity index (χ2v) is 41.1. The molecule has 21 N–H and O–H groups in total. The summed E-state index contributed by atoms with van der Waals surface area (Å²) in [4.78, 5) is 137. The van der Waals surface area contributed by atoms with Crippen molar-refractivity contribution in [2.75, 3.05) is 13.1 Å². The molecule has 2 unspecified atom stereocenters. The number of rotatable bonds is 21. The molecule has 0 bridgehead atoms. The second-order valence-electron chi connectivity index (χ2n) is 41.1. The predicted molar refractivity (Wildman–Crippen MR) is 569 cm³/mol. The molecule has 11 heterocycles. The number of aryl methyl sites for hydroxylation is 10. The van der Waals surface area contributed by atoms with Crippen molar-refractivity contribution in [3.8, 4) is 85.0 Å². The van der Waals surface area contributed by atoms with Gasteiger partial charge in [-0.05, 0) is 296 Å². The number of aromatic nitrogens is 11. The topological polar surface area (TPSA) is 564 Å². The third-order valence-corrected chi connectivity index (χ3v) is 31.8. The van der Waals surface area contributed by atoms with E-state index in [9.17, 15) is 99.0 Å². The number of nitrogens with one attached hydrogen (secondary N) is 9. The van der Waals surface area contributed by atoms with Crippen LogP contribution in [0, 0.1) is 17.8 Å². The number of carboxylic acids is 5. The van der Waals surface area contributed by atoms with Crippen molar-refractivity contribution < 1.29 is 75.0 Å². The van der Waals surface area contributed by atoms with E-state index in [1.807, 2.05) is 50.5 Å². The standard InChI is InChI=1S/C25H24N4O4.2C24H27N3O4.C22H23N3O4.C19H19N3O4/c1-29-17(13-27-12-14-5-7-26-8-6-14)9-16-10-19-15(11-20(16)29)3-2-4-18-22(19)28-24(31)21(23(18)30)25(32)33;1-12-6-15(12)10-25-11-16-7-14-8-18-13(9-19(14)27(16)2)4-3-5-17-21(18)26-23(29)20(22(17)28)24(30)31;1-27-16(12-25-11-13-4-2-5-13)8-15-9-18-14(10-19(15)27)6-3-7-17-21(18)26-23(29)20(22(17)28)24(30)31;1-25-14(10-23-13-5-6-13)7-12-8-16-11(9-17(12)25)3-2-4-15-19(16)24-21(27)18(20(15)26)22(28)29;1-22-11(8-20)5-10-6-13-9(7-14(10)22)3-2-4-12-16(13)21-18(24)15(17(12)23)19(25)26/h5-11,27H,2-4,12-13H2,1H3,(H,32,33)(H2,28,30,31);7-9,12,15,25H,3-6,10-11H2,1-2H3,(H,30,31)(H2,26,28,29);8-10,13,25H,2-7,11-12H2,1H3,(H,30,31)(H2,26,28,29);7-9,13,23H,2-6,10H2,1H3,(H,28,29)(H2,24,26,27);5-7H,2-4,8,20H2,1H3,(H,25,26)(H2,21,23,24). The third kappa shape index (κ3) is 19.3. The smallest absolute Gasteiger partial charge is 0.345 e. The van der Waals surface area contributed by atoms with Crippen LogP contribution in [0.1, 0.15) is 219 Å². The largest absolute Gasteiger partial charge is 0.506 e. The fourth-order valence-electron chi connectivity index (χ4n) is 22.8. The Hall–Kier alpha value is -16.2. The van der Waals surface area contributed by atoms with Crippen molar-refractivity contribution in [1.29, 1.82) is 0 Å². The van der Waals surface area contributed by atoms with Gasteiger partial charge in [0, 0.05) is 232 Å². The molecule has 776 valence electrons. The number of H-pyrrole nitrogens is 5. The van der Waals surface area contributed by atoms with Gasteiger partial charge in [-0.3, -0.25) is 29.0 Å². The van der Waals surface area contributed by atoms with Crippen LogP contribution in [-0.4, -0.2) is 153 Å². The average molecular weight is 2030 g/mol. The Morgan fingerprint density at radius 1 is 0.347 bits per heavy atom. The van der Waals surface area contributed by atoms with Gasteiger partial charge >= 0.3 is 29.8 Å². The maximum atomic E-state index is 12.4. The van der Waals surface area contributed by atoms with Gasteiger partial charge in [-0.2, -0.15) is 0 Å². The van der Waals surface area contributed by atoms with E-state index in [4.69, 9.17) is 5.73 Å². The summed E-state index contributed by atoms with van der Waals surface area (Å²) in [5, 5.41) is 118. The number of hydrogen-bond acceptors (Lipinski definition) is 21. The Kier molecular flexibility index (Phi) is 27.8. The molecule has 5 aromatic carbocycles. The van der Waals surface area contributed by atoms with Crippen LogP contribution in [0.4, 0.5) is 0 Å². The van der Waals surface area contributed by atoms with Gasteiger partial charge < -0.3 is 126 Å². The average Bonchev–Trinajstić information content (AvgIpc) is 1.55. The van der Waals surface area contributed by atoms with E-state index in [0.717, 1.165) is 248 Å². The molecular formula is C114H120N16O20. The molecule has 2 atom stereocenters. The number of carboxylic acid groups (broad SMARTS) is 5. The molecule has 0 amide bonds. The zero-order chi connectivity index (χ0) is 106. The van der Waals surface area contributed by atoms with Gasteiger partial charge in [0.25, 0.3) is 27.8 Å². The van der Waals surface area contributed by atoms with Crippen LogP contribution >= 0.6 is 0 Å². The number of carbonyl (C=O) groups is 5. The molecule has 3 saturated carbocycles. The Morgan fingerprint density at radius 3 is 0.873 bits per heavy atom. The lowest BCUT2D eigenvalue weighted by molar-refractivity contribution is 0.0680. The third-order valence-electron chi connectivity index (χ3n) is 31.8. The van der Waals surface area contributed by atoms with Crippen LogP contribution in [-0.2, 0) is 139 Å². The lowest BCUT2D eigenvalue weighted by Crippen LogP contribution is -2.27. The summed E-state index contributed by atoms with van der Waals surface area (Å²) in [6.45, 7) is 8.65. The summed E-state index contributed by atoms with van der Waals surface area (Å²) in [5.74, 6) is -6.76. The summed E-state index contributed by atoms with van der Waals surface area (Å²) in [5.41, 5.74) is 26.1. The zero-order valence-corrected chi connectivity index (χ0v) is 84.1. The number of nitrogens with two attached hydrogens (primary N) is 1. The minimum atomic E-state index is -1.43. The van der Waals surface area contributed by atoms with Crippen molar-refractivity contribution in [2.45, 2.75) is 187 Å². The number of hydrogen-bond donors (Lipinski definition) is 20. The van der Waals surface area contributed by atoms with Crippen molar-refractivity contribution in [1.82, 2.24) is 74.0 Å². The van der Waals surface area contributed by atoms with E-state index in [1.165, 1.54) is 55.6 Å².